The van der Waals surface area contributed by atoms with Gasteiger partial charge in [0.05, 0.1) is 0 Å². The molecule has 0 radical (unpaired) electrons. The standard InChI is InChI=1S/C19H27F3N2O/c1-2-3-4-5-6-7-8-15-9-11-16(12-10-15)18(19(20,21)22)24-14-13-17(25)23-24/h9-12,18H,2-8,13-14H2,1H3,(H,23,25). The van der Waals surface area contributed by atoms with Crippen molar-refractivity contribution >= 4 is 5.91 Å². The Hall–Kier alpha value is -1.56. The fraction of sp³-hybridized carbons (Fsp3) is 0.632. The number of amides is 1. The second-order valence-electron chi connectivity index (χ2n) is 6.68. The number of benzene rings is 1. The predicted octanol–water partition coefficient (Wildman–Crippen LogP) is 4.93. The molecule has 1 heterocycles. The summed E-state index contributed by atoms with van der Waals surface area (Å²) in [5, 5.41) is 0.991. The first-order chi connectivity index (χ1) is 11.9. The van der Waals surface area contributed by atoms with Gasteiger partial charge in [0.2, 0.25) is 5.91 Å². The van der Waals surface area contributed by atoms with E-state index in [-0.39, 0.29) is 24.4 Å². The molecule has 25 heavy (non-hydrogen) atoms. The highest BCUT2D eigenvalue weighted by atomic mass is 19.4. The molecule has 1 amide bonds. The second-order valence-corrected chi connectivity index (χ2v) is 6.68. The van der Waals surface area contributed by atoms with Gasteiger partial charge in [-0.2, -0.15) is 13.2 Å². The number of unbranched alkanes of at least 4 members (excludes halogenated alkanes) is 5. The van der Waals surface area contributed by atoms with Crippen LogP contribution in [0.4, 0.5) is 13.2 Å². The molecule has 0 aliphatic carbocycles. The van der Waals surface area contributed by atoms with Crippen LogP contribution in [0.2, 0.25) is 0 Å². The van der Waals surface area contributed by atoms with Crippen molar-refractivity contribution in [2.75, 3.05) is 6.54 Å². The lowest BCUT2D eigenvalue weighted by Crippen LogP contribution is -2.43. The van der Waals surface area contributed by atoms with E-state index in [0.717, 1.165) is 29.8 Å². The minimum absolute atomic E-state index is 0.0719. The van der Waals surface area contributed by atoms with Gasteiger partial charge in [0, 0.05) is 13.0 Å². The maximum Gasteiger partial charge on any atom is 0.409 e. The van der Waals surface area contributed by atoms with Crippen molar-refractivity contribution in [1.29, 1.82) is 0 Å². The molecular formula is C19H27F3N2O. The van der Waals surface area contributed by atoms with Gasteiger partial charge in [0.25, 0.3) is 0 Å². The van der Waals surface area contributed by atoms with Crippen LogP contribution < -0.4 is 5.43 Å². The maximum absolute atomic E-state index is 13.4. The molecular weight excluding hydrogens is 329 g/mol. The smallest absolute Gasteiger partial charge is 0.288 e. The zero-order valence-electron chi connectivity index (χ0n) is 14.7. The van der Waals surface area contributed by atoms with Crippen molar-refractivity contribution in [3.8, 4) is 0 Å². The SMILES string of the molecule is CCCCCCCCc1ccc(C(N2CCC(=O)N2)C(F)(F)F)cc1. The molecule has 1 fully saturated rings. The Morgan fingerprint density at radius 3 is 2.28 bits per heavy atom. The van der Waals surface area contributed by atoms with Crippen LogP contribution in [-0.4, -0.2) is 23.6 Å². The zero-order chi connectivity index (χ0) is 18.3. The first-order valence-corrected chi connectivity index (χ1v) is 9.13. The van der Waals surface area contributed by atoms with Gasteiger partial charge in [0.1, 0.15) is 6.04 Å². The predicted molar refractivity (Wildman–Crippen MR) is 91.8 cm³/mol. The molecule has 1 atom stereocenters. The van der Waals surface area contributed by atoms with Gasteiger partial charge in [-0.1, -0.05) is 63.3 Å². The molecule has 140 valence electrons. The maximum atomic E-state index is 13.4. The molecule has 2 rings (SSSR count). The van der Waals surface area contributed by atoms with E-state index in [0.29, 0.717) is 0 Å². The van der Waals surface area contributed by atoms with Gasteiger partial charge < -0.3 is 0 Å². The van der Waals surface area contributed by atoms with E-state index in [1.807, 2.05) is 0 Å². The Kier molecular flexibility index (Phi) is 7.29. The van der Waals surface area contributed by atoms with E-state index in [1.165, 1.54) is 37.8 Å². The van der Waals surface area contributed by atoms with Gasteiger partial charge in [-0.05, 0) is 24.0 Å². The molecule has 1 saturated heterocycles. The third kappa shape index (κ3) is 6.03. The first-order valence-electron chi connectivity index (χ1n) is 9.13. The van der Waals surface area contributed by atoms with E-state index < -0.39 is 12.2 Å². The van der Waals surface area contributed by atoms with E-state index in [4.69, 9.17) is 0 Å². The average molecular weight is 356 g/mol. The minimum atomic E-state index is -4.43. The fourth-order valence-electron chi connectivity index (χ4n) is 3.21. The molecule has 0 aromatic heterocycles. The number of hydrogen-bond donors (Lipinski definition) is 1. The van der Waals surface area contributed by atoms with Gasteiger partial charge in [-0.25, -0.2) is 5.01 Å². The quantitative estimate of drug-likeness (QED) is 0.636. The van der Waals surface area contributed by atoms with Gasteiger partial charge in [-0.3, -0.25) is 10.2 Å². The number of carbonyl (C=O) groups is 1. The van der Waals surface area contributed by atoms with Crippen LogP contribution in [0.25, 0.3) is 0 Å². The Bertz CT molecular complexity index is 543. The number of rotatable bonds is 9. The Labute approximate surface area is 147 Å². The van der Waals surface area contributed by atoms with Crippen molar-refractivity contribution in [3.63, 3.8) is 0 Å². The van der Waals surface area contributed by atoms with Crippen LogP contribution in [0, 0.1) is 0 Å². The topological polar surface area (TPSA) is 32.3 Å². The number of carbonyl (C=O) groups excluding carboxylic acids is 1. The molecule has 0 bridgehead atoms. The lowest BCUT2D eigenvalue weighted by atomic mass is 10.0. The van der Waals surface area contributed by atoms with E-state index in [2.05, 4.69) is 12.3 Å². The Morgan fingerprint density at radius 1 is 1.08 bits per heavy atom. The lowest BCUT2D eigenvalue weighted by Gasteiger charge is -2.29. The largest absolute Gasteiger partial charge is 0.409 e. The molecule has 3 nitrogen and oxygen atoms in total. The summed E-state index contributed by atoms with van der Waals surface area (Å²) in [6, 6.07) is 4.84. The number of nitrogens with one attached hydrogen (secondary N) is 1. The van der Waals surface area contributed by atoms with Crippen molar-refractivity contribution in [1.82, 2.24) is 10.4 Å². The summed E-state index contributed by atoms with van der Waals surface area (Å²) in [5.74, 6) is -0.367. The van der Waals surface area contributed by atoms with Crippen molar-refractivity contribution in [3.05, 3.63) is 35.4 Å². The van der Waals surface area contributed by atoms with Crippen LogP contribution in [0.5, 0.6) is 0 Å². The lowest BCUT2D eigenvalue weighted by molar-refractivity contribution is -0.191. The monoisotopic (exact) mass is 356 g/mol. The van der Waals surface area contributed by atoms with Gasteiger partial charge >= 0.3 is 6.18 Å². The van der Waals surface area contributed by atoms with Crippen molar-refractivity contribution < 1.29 is 18.0 Å². The highest BCUT2D eigenvalue weighted by Crippen LogP contribution is 2.37. The summed E-state index contributed by atoms with van der Waals surface area (Å²) in [4.78, 5) is 11.3. The molecule has 1 N–H and O–H groups in total. The zero-order valence-corrected chi connectivity index (χ0v) is 14.7. The first kappa shape index (κ1) is 19.8. The van der Waals surface area contributed by atoms with Gasteiger partial charge in [0.15, 0.2) is 0 Å². The molecule has 0 saturated carbocycles. The normalized spacial score (nSPS) is 16.9. The van der Waals surface area contributed by atoms with E-state index in [9.17, 15) is 18.0 Å². The summed E-state index contributed by atoms with van der Waals surface area (Å²) in [6.07, 6.45) is 3.74. The molecule has 1 aliphatic heterocycles. The molecule has 1 unspecified atom stereocenters. The molecule has 1 aromatic carbocycles. The summed E-state index contributed by atoms with van der Waals surface area (Å²) < 4.78 is 40.3. The van der Waals surface area contributed by atoms with Crippen LogP contribution in [0.15, 0.2) is 24.3 Å². The Balaban J connectivity index is 1.93. The number of halogens is 3. The summed E-state index contributed by atoms with van der Waals surface area (Å²) >= 11 is 0. The number of alkyl halides is 3. The van der Waals surface area contributed by atoms with Crippen LogP contribution in [-0.2, 0) is 11.2 Å². The third-order valence-electron chi connectivity index (χ3n) is 4.58. The number of hydrogen-bond acceptors (Lipinski definition) is 2. The highest BCUT2D eigenvalue weighted by molar-refractivity contribution is 5.77. The third-order valence-corrected chi connectivity index (χ3v) is 4.58. The van der Waals surface area contributed by atoms with Crippen molar-refractivity contribution in [2.45, 2.75) is 70.5 Å². The van der Waals surface area contributed by atoms with E-state index >= 15 is 0 Å². The summed E-state index contributed by atoms with van der Waals surface area (Å²) in [7, 11) is 0. The highest BCUT2D eigenvalue weighted by Gasteiger charge is 2.46. The summed E-state index contributed by atoms with van der Waals surface area (Å²) in [6.45, 7) is 2.26. The number of hydrazine groups is 1. The van der Waals surface area contributed by atoms with Gasteiger partial charge in [-0.15, -0.1) is 0 Å². The van der Waals surface area contributed by atoms with E-state index in [1.54, 1.807) is 12.1 Å². The Morgan fingerprint density at radius 2 is 1.72 bits per heavy atom. The number of aryl methyl sites for hydroxylation is 1. The van der Waals surface area contributed by atoms with Crippen LogP contribution in [0.1, 0.15) is 69.0 Å². The number of nitrogens with zero attached hydrogens (tertiary/aromatic N) is 1. The second kappa shape index (κ2) is 9.22. The fourth-order valence-corrected chi connectivity index (χ4v) is 3.21. The van der Waals surface area contributed by atoms with Crippen LogP contribution >= 0.6 is 0 Å². The van der Waals surface area contributed by atoms with Crippen molar-refractivity contribution in [2.24, 2.45) is 0 Å². The minimum Gasteiger partial charge on any atom is -0.288 e. The van der Waals surface area contributed by atoms with Crippen LogP contribution in [0.3, 0.4) is 0 Å². The molecule has 1 aliphatic rings. The molecule has 1 aromatic rings. The molecule has 0 spiro atoms. The average Bonchev–Trinajstić information content (AvgIpc) is 2.97. The summed E-state index contributed by atoms with van der Waals surface area (Å²) in [5.41, 5.74) is 3.54. The molecule has 6 heteroatoms.